The number of carbonyl (C=O) groups is 1. The molecule has 1 aliphatic heterocycles. The first-order valence-electron chi connectivity index (χ1n) is 12.0. The van der Waals surface area contributed by atoms with Gasteiger partial charge in [0.25, 0.3) is 5.91 Å². The largest absolute Gasteiger partial charge is 0.302 e. The van der Waals surface area contributed by atoms with Crippen LogP contribution in [-0.4, -0.2) is 35.0 Å². The van der Waals surface area contributed by atoms with Crippen molar-refractivity contribution < 1.29 is 17.6 Å². The van der Waals surface area contributed by atoms with Crippen LogP contribution in [0.15, 0.2) is 83.8 Å². The number of nitrogens with zero attached hydrogens (tertiary/aromatic N) is 4. The molecule has 3 aromatic carbocycles. The summed E-state index contributed by atoms with van der Waals surface area (Å²) in [7, 11) is -2.01. The molecule has 1 aromatic heterocycles. The molecule has 0 saturated carbocycles. The van der Waals surface area contributed by atoms with Gasteiger partial charge in [0, 0.05) is 49.1 Å². The van der Waals surface area contributed by atoms with Crippen molar-refractivity contribution in [3.63, 3.8) is 0 Å². The van der Waals surface area contributed by atoms with Crippen LogP contribution < -0.4 is 4.90 Å². The van der Waals surface area contributed by atoms with Gasteiger partial charge in [-0.2, -0.15) is 9.40 Å². The summed E-state index contributed by atoms with van der Waals surface area (Å²) in [5, 5.41) is 4.70. The Labute approximate surface area is 215 Å². The summed E-state index contributed by atoms with van der Waals surface area (Å²) >= 11 is 0. The standard InChI is InChI=1S/C28H27FN4O3S/c1-20-17-23(13-14-25(20)29)37(35,36)32-16-15-27-24(18-32)26(30-31(27)2)19-33(22-11-7-4-8-12-22)28(34)21-9-5-3-6-10-21/h3-14,17H,15-16,18-19H2,1-2H3. The van der Waals surface area contributed by atoms with Crippen molar-refractivity contribution in [2.24, 2.45) is 7.05 Å². The van der Waals surface area contributed by atoms with E-state index < -0.39 is 15.8 Å². The van der Waals surface area contributed by atoms with Gasteiger partial charge in [0.05, 0.1) is 17.1 Å². The molecule has 0 atom stereocenters. The molecule has 7 nitrogen and oxygen atoms in total. The van der Waals surface area contributed by atoms with Crippen molar-refractivity contribution in [3.05, 3.63) is 113 Å². The molecule has 0 bridgehead atoms. The Morgan fingerprint density at radius 2 is 1.70 bits per heavy atom. The topological polar surface area (TPSA) is 75.5 Å². The molecule has 2 heterocycles. The maximum Gasteiger partial charge on any atom is 0.258 e. The van der Waals surface area contributed by atoms with Gasteiger partial charge in [0.2, 0.25) is 10.0 Å². The predicted molar refractivity (Wildman–Crippen MR) is 139 cm³/mol. The normalized spacial score (nSPS) is 13.8. The summed E-state index contributed by atoms with van der Waals surface area (Å²) in [5.41, 5.74) is 3.92. The minimum Gasteiger partial charge on any atom is -0.302 e. The molecule has 0 fully saturated rings. The van der Waals surface area contributed by atoms with Gasteiger partial charge < -0.3 is 4.90 Å². The van der Waals surface area contributed by atoms with E-state index in [-0.39, 0.29) is 36.0 Å². The van der Waals surface area contributed by atoms with E-state index in [1.165, 1.54) is 22.5 Å². The van der Waals surface area contributed by atoms with Gasteiger partial charge in [0.1, 0.15) is 5.82 Å². The molecule has 0 aliphatic carbocycles. The lowest BCUT2D eigenvalue weighted by molar-refractivity contribution is 0.0984. The van der Waals surface area contributed by atoms with Gasteiger partial charge >= 0.3 is 0 Å². The summed E-state index contributed by atoms with van der Waals surface area (Å²) in [6.07, 6.45) is 0.482. The SMILES string of the molecule is Cc1cc(S(=O)(=O)N2CCc3c(c(CN(C(=O)c4ccccc4)c4ccccc4)nn3C)C2)ccc1F. The summed E-state index contributed by atoms with van der Waals surface area (Å²) in [6.45, 7) is 2.14. The van der Waals surface area contributed by atoms with Gasteiger partial charge in [-0.3, -0.25) is 9.48 Å². The number of aromatic nitrogens is 2. The number of para-hydroxylation sites is 1. The van der Waals surface area contributed by atoms with Crippen LogP contribution in [0.25, 0.3) is 0 Å². The Hall–Kier alpha value is -3.82. The average molecular weight is 519 g/mol. The maximum absolute atomic E-state index is 13.8. The van der Waals surface area contributed by atoms with Gasteiger partial charge in [-0.1, -0.05) is 36.4 Å². The Kier molecular flexibility index (Phi) is 6.66. The molecule has 1 amide bonds. The summed E-state index contributed by atoms with van der Waals surface area (Å²) in [4.78, 5) is 15.3. The van der Waals surface area contributed by atoms with Crippen LogP contribution in [0, 0.1) is 12.7 Å². The van der Waals surface area contributed by atoms with Crippen molar-refractivity contribution in [2.45, 2.75) is 31.3 Å². The van der Waals surface area contributed by atoms with E-state index in [9.17, 15) is 17.6 Å². The number of fused-ring (bicyclic) bond motifs is 1. The zero-order valence-corrected chi connectivity index (χ0v) is 21.5. The number of hydrogen-bond donors (Lipinski definition) is 0. The minimum atomic E-state index is -3.84. The average Bonchev–Trinajstić information content (AvgIpc) is 3.23. The molecular weight excluding hydrogens is 491 g/mol. The lowest BCUT2D eigenvalue weighted by atomic mass is 10.1. The number of anilines is 1. The van der Waals surface area contributed by atoms with Crippen LogP contribution in [0.3, 0.4) is 0 Å². The molecule has 0 unspecified atom stereocenters. The Bertz CT molecular complexity index is 1550. The molecule has 9 heteroatoms. The van der Waals surface area contributed by atoms with E-state index in [1.54, 1.807) is 28.6 Å². The van der Waals surface area contributed by atoms with E-state index in [0.29, 0.717) is 17.7 Å². The van der Waals surface area contributed by atoms with Crippen LogP contribution in [0.4, 0.5) is 10.1 Å². The number of carbonyl (C=O) groups excluding carboxylic acids is 1. The van der Waals surface area contributed by atoms with E-state index in [1.807, 2.05) is 55.6 Å². The molecule has 37 heavy (non-hydrogen) atoms. The Balaban J connectivity index is 1.49. The minimum absolute atomic E-state index is 0.0606. The molecule has 4 aromatic rings. The number of aryl methyl sites for hydroxylation is 2. The molecule has 0 saturated heterocycles. The van der Waals surface area contributed by atoms with Gasteiger partial charge in [0.15, 0.2) is 0 Å². The van der Waals surface area contributed by atoms with E-state index in [2.05, 4.69) is 0 Å². The molecule has 5 rings (SSSR count). The third-order valence-corrected chi connectivity index (χ3v) is 8.54. The monoisotopic (exact) mass is 518 g/mol. The summed E-state index contributed by atoms with van der Waals surface area (Å²) in [5.74, 6) is -0.619. The van der Waals surface area contributed by atoms with Crippen molar-refractivity contribution in [2.75, 3.05) is 11.4 Å². The van der Waals surface area contributed by atoms with Crippen LogP contribution >= 0.6 is 0 Å². The van der Waals surface area contributed by atoms with Crippen molar-refractivity contribution in [1.82, 2.24) is 14.1 Å². The van der Waals surface area contributed by atoms with Gasteiger partial charge in [-0.25, -0.2) is 12.8 Å². The molecule has 1 aliphatic rings. The number of benzene rings is 3. The first-order valence-corrected chi connectivity index (χ1v) is 13.4. The van der Waals surface area contributed by atoms with Gasteiger partial charge in [-0.15, -0.1) is 0 Å². The second-order valence-electron chi connectivity index (χ2n) is 9.09. The third-order valence-electron chi connectivity index (χ3n) is 6.70. The zero-order valence-electron chi connectivity index (χ0n) is 20.6. The summed E-state index contributed by atoms with van der Waals surface area (Å²) in [6, 6.07) is 22.2. The second kappa shape index (κ2) is 9.91. The third kappa shape index (κ3) is 4.80. The zero-order chi connectivity index (χ0) is 26.2. The lowest BCUT2D eigenvalue weighted by Gasteiger charge is -2.28. The van der Waals surface area contributed by atoms with Crippen molar-refractivity contribution >= 4 is 21.6 Å². The smallest absolute Gasteiger partial charge is 0.258 e. The molecule has 0 spiro atoms. The molecule has 190 valence electrons. The van der Waals surface area contributed by atoms with Crippen molar-refractivity contribution in [1.29, 1.82) is 0 Å². The van der Waals surface area contributed by atoms with Crippen LogP contribution in [0.5, 0.6) is 0 Å². The first-order chi connectivity index (χ1) is 17.8. The van der Waals surface area contributed by atoms with E-state index in [0.717, 1.165) is 16.9 Å². The fourth-order valence-electron chi connectivity index (χ4n) is 4.68. The number of sulfonamides is 1. The fraction of sp³-hybridized carbons (Fsp3) is 0.214. The highest BCUT2D eigenvalue weighted by Crippen LogP contribution is 2.29. The number of halogens is 1. The van der Waals surface area contributed by atoms with E-state index >= 15 is 0 Å². The maximum atomic E-state index is 13.8. The number of hydrogen-bond acceptors (Lipinski definition) is 4. The highest BCUT2D eigenvalue weighted by Gasteiger charge is 2.33. The van der Waals surface area contributed by atoms with Crippen LogP contribution in [0.1, 0.15) is 32.9 Å². The van der Waals surface area contributed by atoms with Crippen molar-refractivity contribution in [3.8, 4) is 0 Å². The lowest BCUT2D eigenvalue weighted by Crippen LogP contribution is -2.37. The number of rotatable bonds is 6. The van der Waals surface area contributed by atoms with Gasteiger partial charge in [-0.05, 0) is 55.0 Å². The second-order valence-corrected chi connectivity index (χ2v) is 11.0. The molecule has 0 radical (unpaired) electrons. The summed E-state index contributed by atoms with van der Waals surface area (Å²) < 4.78 is 43.8. The fourth-order valence-corrected chi connectivity index (χ4v) is 6.17. The highest BCUT2D eigenvalue weighted by molar-refractivity contribution is 7.89. The Morgan fingerprint density at radius 3 is 2.38 bits per heavy atom. The number of amides is 1. The molecular formula is C28H27FN4O3S. The predicted octanol–water partition coefficient (Wildman–Crippen LogP) is 4.46. The van der Waals surface area contributed by atoms with E-state index in [4.69, 9.17) is 5.10 Å². The quantitative estimate of drug-likeness (QED) is 0.378. The highest BCUT2D eigenvalue weighted by atomic mass is 32.2. The van der Waals surface area contributed by atoms with Crippen LogP contribution in [0.2, 0.25) is 0 Å². The van der Waals surface area contributed by atoms with Crippen LogP contribution in [-0.2, 0) is 36.6 Å². The Morgan fingerprint density at radius 1 is 1.03 bits per heavy atom. The first kappa shape index (κ1) is 24.9. The molecule has 0 N–H and O–H groups in total.